The fraction of sp³-hybridized carbons (Fsp3) is 0.294. The summed E-state index contributed by atoms with van der Waals surface area (Å²) < 4.78 is 26.6. The third-order valence-corrected chi connectivity index (χ3v) is 3.84. The Hall–Kier alpha value is -1.94. The number of hydrogen-bond acceptors (Lipinski definition) is 2. The number of fused-ring (bicyclic) bond motifs is 1. The minimum Gasteiger partial charge on any atom is -0.388 e. The maximum Gasteiger partial charge on any atom is 0.126 e. The molecule has 1 N–H and O–H groups in total. The summed E-state index contributed by atoms with van der Waals surface area (Å²) in [6.07, 6.45) is 1.06. The van der Waals surface area contributed by atoms with Crippen LogP contribution in [0.4, 0.5) is 14.5 Å². The highest BCUT2D eigenvalue weighted by Gasteiger charge is 2.21. The molecule has 1 unspecified atom stereocenters. The first kappa shape index (κ1) is 14.0. The van der Waals surface area contributed by atoms with Crippen molar-refractivity contribution in [3.05, 3.63) is 65.2 Å². The van der Waals surface area contributed by atoms with Crippen molar-refractivity contribution in [1.29, 1.82) is 0 Å². The van der Waals surface area contributed by atoms with Gasteiger partial charge in [-0.15, -0.1) is 0 Å². The Balaban J connectivity index is 1.93. The lowest BCUT2D eigenvalue weighted by Crippen LogP contribution is -2.23. The van der Waals surface area contributed by atoms with Crippen molar-refractivity contribution >= 4 is 5.69 Å². The first-order valence-corrected chi connectivity index (χ1v) is 7.10. The quantitative estimate of drug-likeness (QED) is 0.909. The number of rotatable bonds is 2. The van der Waals surface area contributed by atoms with Gasteiger partial charge in [0.1, 0.15) is 11.6 Å². The number of halogens is 2. The minimum atomic E-state index is -0.562. The number of hydrogen-bond donors (Lipinski definition) is 1. The lowest BCUT2D eigenvalue weighted by Gasteiger charge is -2.25. The van der Waals surface area contributed by atoms with Gasteiger partial charge in [-0.3, -0.25) is 0 Å². The van der Waals surface area contributed by atoms with Crippen LogP contribution in [0, 0.1) is 11.6 Å². The van der Waals surface area contributed by atoms with Crippen molar-refractivity contribution in [1.82, 2.24) is 0 Å². The van der Waals surface area contributed by atoms with E-state index in [1.54, 1.807) is 0 Å². The monoisotopic (exact) mass is 289 g/mol. The highest BCUT2D eigenvalue weighted by Crippen LogP contribution is 2.33. The zero-order valence-corrected chi connectivity index (χ0v) is 11.6. The fourth-order valence-corrected chi connectivity index (χ4v) is 2.90. The van der Waals surface area contributed by atoms with Gasteiger partial charge in [-0.05, 0) is 36.6 Å². The van der Waals surface area contributed by atoms with E-state index >= 15 is 0 Å². The molecule has 0 saturated carbocycles. The molecule has 0 amide bonds. The molecule has 1 heterocycles. The van der Waals surface area contributed by atoms with Crippen molar-refractivity contribution in [3.63, 3.8) is 0 Å². The van der Waals surface area contributed by atoms with Gasteiger partial charge in [0.2, 0.25) is 0 Å². The summed E-state index contributed by atoms with van der Waals surface area (Å²) >= 11 is 0. The predicted octanol–water partition coefficient (Wildman–Crippen LogP) is 3.80. The van der Waals surface area contributed by atoms with E-state index in [0.717, 1.165) is 30.3 Å². The Morgan fingerprint density at radius 3 is 2.57 bits per heavy atom. The standard InChI is InChI=1S/C17H17F2NO/c18-13-8-12(9-14(19)10-13)11-20-7-3-6-17(21)15-4-1-2-5-16(15)20/h1-2,4-5,8-10,17,21H,3,6-7,11H2. The SMILES string of the molecule is OC1CCCN(Cc2cc(F)cc(F)c2)c2ccccc21. The van der Waals surface area contributed by atoms with Gasteiger partial charge in [-0.2, -0.15) is 0 Å². The largest absolute Gasteiger partial charge is 0.388 e. The third-order valence-electron chi connectivity index (χ3n) is 3.84. The van der Waals surface area contributed by atoms with Crippen LogP contribution in [-0.4, -0.2) is 11.7 Å². The molecule has 3 rings (SSSR count). The molecule has 0 aromatic heterocycles. The van der Waals surface area contributed by atoms with E-state index in [-0.39, 0.29) is 0 Å². The van der Waals surface area contributed by atoms with E-state index < -0.39 is 17.7 Å². The molecule has 21 heavy (non-hydrogen) atoms. The smallest absolute Gasteiger partial charge is 0.126 e. The van der Waals surface area contributed by atoms with E-state index in [1.807, 2.05) is 24.3 Å². The second kappa shape index (κ2) is 5.82. The van der Waals surface area contributed by atoms with Gasteiger partial charge in [-0.25, -0.2) is 8.78 Å². The zero-order chi connectivity index (χ0) is 14.8. The molecule has 1 aliphatic rings. The highest BCUT2D eigenvalue weighted by atomic mass is 19.1. The van der Waals surface area contributed by atoms with Crippen molar-refractivity contribution in [2.24, 2.45) is 0 Å². The van der Waals surface area contributed by atoms with Gasteiger partial charge < -0.3 is 10.0 Å². The van der Waals surface area contributed by atoms with Gasteiger partial charge in [-0.1, -0.05) is 18.2 Å². The summed E-state index contributed by atoms with van der Waals surface area (Å²) in [5.41, 5.74) is 2.41. The maximum atomic E-state index is 13.3. The Kier molecular flexibility index (Phi) is 3.88. The highest BCUT2D eigenvalue weighted by molar-refractivity contribution is 5.55. The van der Waals surface area contributed by atoms with Crippen LogP contribution in [0.15, 0.2) is 42.5 Å². The lowest BCUT2D eigenvalue weighted by atomic mass is 10.0. The fourth-order valence-electron chi connectivity index (χ4n) is 2.90. The molecular formula is C17H17F2NO. The Bertz CT molecular complexity index is 624. The number of anilines is 1. The summed E-state index contributed by atoms with van der Waals surface area (Å²) in [4.78, 5) is 2.07. The second-order valence-electron chi connectivity index (χ2n) is 5.42. The Morgan fingerprint density at radius 2 is 1.81 bits per heavy atom. The van der Waals surface area contributed by atoms with Crippen LogP contribution >= 0.6 is 0 Å². The molecule has 4 heteroatoms. The first-order valence-electron chi connectivity index (χ1n) is 7.10. The molecule has 0 spiro atoms. The van der Waals surface area contributed by atoms with E-state index in [9.17, 15) is 13.9 Å². The van der Waals surface area contributed by atoms with Crippen LogP contribution in [-0.2, 0) is 6.54 Å². The Morgan fingerprint density at radius 1 is 1.10 bits per heavy atom. The van der Waals surface area contributed by atoms with Crippen molar-refractivity contribution < 1.29 is 13.9 Å². The molecule has 0 saturated heterocycles. The predicted molar refractivity (Wildman–Crippen MR) is 78.0 cm³/mol. The van der Waals surface area contributed by atoms with E-state index in [1.165, 1.54) is 12.1 Å². The molecular weight excluding hydrogens is 272 g/mol. The summed E-state index contributed by atoms with van der Waals surface area (Å²) in [5, 5.41) is 10.2. The number of aliphatic hydroxyl groups excluding tert-OH is 1. The van der Waals surface area contributed by atoms with Gasteiger partial charge in [0.25, 0.3) is 0 Å². The van der Waals surface area contributed by atoms with Gasteiger partial charge in [0, 0.05) is 30.4 Å². The van der Waals surface area contributed by atoms with Crippen molar-refractivity contribution in [2.45, 2.75) is 25.5 Å². The van der Waals surface area contributed by atoms with Crippen LogP contribution < -0.4 is 4.90 Å². The first-order chi connectivity index (χ1) is 10.1. The third kappa shape index (κ3) is 3.05. The molecule has 0 aliphatic carbocycles. The summed E-state index contributed by atoms with van der Waals surface area (Å²) in [6.45, 7) is 1.19. The van der Waals surface area contributed by atoms with Crippen molar-refractivity contribution in [3.8, 4) is 0 Å². The number of nitrogens with zero attached hydrogens (tertiary/aromatic N) is 1. The molecule has 0 bridgehead atoms. The number of para-hydroxylation sites is 1. The topological polar surface area (TPSA) is 23.5 Å². The molecule has 1 atom stereocenters. The summed E-state index contributed by atoms with van der Waals surface area (Å²) in [6, 6.07) is 11.2. The number of benzene rings is 2. The van der Waals surface area contributed by atoms with Crippen LogP contribution in [0.3, 0.4) is 0 Å². The van der Waals surface area contributed by atoms with Crippen molar-refractivity contribution in [2.75, 3.05) is 11.4 Å². The number of aliphatic hydroxyl groups is 1. The van der Waals surface area contributed by atoms with Gasteiger partial charge >= 0.3 is 0 Å². The normalized spacial score (nSPS) is 18.2. The lowest BCUT2D eigenvalue weighted by molar-refractivity contribution is 0.168. The summed E-state index contributed by atoms with van der Waals surface area (Å²) in [7, 11) is 0. The minimum absolute atomic E-state index is 0.429. The zero-order valence-electron chi connectivity index (χ0n) is 11.6. The van der Waals surface area contributed by atoms with Crippen LogP contribution in [0.1, 0.15) is 30.1 Å². The molecule has 1 aliphatic heterocycles. The average molecular weight is 289 g/mol. The molecule has 110 valence electrons. The molecule has 0 radical (unpaired) electrons. The molecule has 0 fully saturated rings. The van der Waals surface area contributed by atoms with Gasteiger partial charge in [0.15, 0.2) is 0 Å². The molecule has 2 nitrogen and oxygen atoms in total. The van der Waals surface area contributed by atoms with Crippen LogP contribution in [0.5, 0.6) is 0 Å². The van der Waals surface area contributed by atoms with E-state index in [0.29, 0.717) is 18.5 Å². The Labute approximate surface area is 122 Å². The van der Waals surface area contributed by atoms with Crippen LogP contribution in [0.25, 0.3) is 0 Å². The van der Waals surface area contributed by atoms with E-state index in [4.69, 9.17) is 0 Å². The summed E-state index contributed by atoms with van der Waals surface area (Å²) in [5.74, 6) is -1.12. The second-order valence-corrected chi connectivity index (χ2v) is 5.42. The maximum absolute atomic E-state index is 13.3. The average Bonchev–Trinajstić information content (AvgIpc) is 2.59. The molecule has 2 aromatic carbocycles. The van der Waals surface area contributed by atoms with E-state index in [2.05, 4.69) is 4.90 Å². The van der Waals surface area contributed by atoms with Gasteiger partial charge in [0.05, 0.1) is 6.10 Å². The van der Waals surface area contributed by atoms with Crippen LogP contribution in [0.2, 0.25) is 0 Å². The molecule has 2 aromatic rings.